The van der Waals surface area contributed by atoms with Gasteiger partial charge in [-0.15, -0.1) is 0 Å². The van der Waals surface area contributed by atoms with Gasteiger partial charge in [0.25, 0.3) is 0 Å². The Morgan fingerprint density at radius 2 is 2.00 bits per heavy atom. The molecule has 1 aromatic carbocycles. The number of aryl methyl sites for hydroxylation is 1. The third kappa shape index (κ3) is 3.07. The Morgan fingerprint density at radius 1 is 1.31 bits per heavy atom. The van der Waals surface area contributed by atoms with Gasteiger partial charge in [-0.25, -0.2) is 0 Å². The molecule has 0 radical (unpaired) electrons. The lowest BCUT2D eigenvalue weighted by molar-refractivity contribution is 0.786. The molecule has 0 aromatic heterocycles. The van der Waals surface area contributed by atoms with E-state index in [1.54, 1.807) is 0 Å². The molecule has 0 amide bonds. The second kappa shape index (κ2) is 5.33. The third-order valence-corrected chi connectivity index (χ3v) is 2.58. The molecule has 0 saturated heterocycles. The maximum atomic E-state index is 4.48. The highest BCUT2D eigenvalue weighted by Crippen LogP contribution is 2.23. The lowest BCUT2D eigenvalue weighted by Crippen LogP contribution is -1.94. The van der Waals surface area contributed by atoms with Gasteiger partial charge in [-0.3, -0.25) is 0 Å². The van der Waals surface area contributed by atoms with E-state index in [4.69, 9.17) is 0 Å². The van der Waals surface area contributed by atoms with E-state index in [1.807, 2.05) is 0 Å². The molecule has 0 fully saturated rings. The molecule has 0 saturated carbocycles. The molecule has 13 heavy (non-hydrogen) atoms. The first-order valence-electron chi connectivity index (χ1n) is 5.01. The summed E-state index contributed by atoms with van der Waals surface area (Å²) in [7, 11) is 0. The molecular weight excluding hydrogens is 176 g/mol. The molecule has 0 N–H and O–H groups in total. The number of hydrogen-bond donors (Lipinski definition) is 1. The van der Waals surface area contributed by atoms with Crippen molar-refractivity contribution in [2.45, 2.75) is 38.4 Å². The Balaban J connectivity index is 2.78. The Bertz CT molecular complexity index is 253. The number of unbranched alkanes of at least 4 members (excludes halogenated alkanes) is 1. The summed E-state index contributed by atoms with van der Waals surface area (Å²) in [6, 6.07) is 8.61. The maximum Gasteiger partial charge on any atom is 0.0241 e. The highest BCUT2D eigenvalue weighted by atomic mass is 32.1. The molecule has 1 atom stereocenters. The molecule has 0 aliphatic heterocycles. The van der Waals surface area contributed by atoms with Gasteiger partial charge in [-0.2, -0.15) is 12.6 Å². The quantitative estimate of drug-likeness (QED) is 0.688. The van der Waals surface area contributed by atoms with Crippen LogP contribution in [0.15, 0.2) is 24.3 Å². The highest BCUT2D eigenvalue weighted by molar-refractivity contribution is 7.80. The summed E-state index contributed by atoms with van der Waals surface area (Å²) in [6.07, 6.45) is 3.73. The summed E-state index contributed by atoms with van der Waals surface area (Å²) in [5.41, 5.74) is 2.85. The molecule has 0 aliphatic carbocycles. The predicted molar refractivity (Wildman–Crippen MR) is 62.5 cm³/mol. The van der Waals surface area contributed by atoms with Crippen molar-refractivity contribution >= 4 is 12.6 Å². The number of thiol groups is 1. The Labute approximate surface area is 86.8 Å². The maximum absolute atomic E-state index is 4.48. The lowest BCUT2D eigenvalue weighted by atomic mass is 10.0. The van der Waals surface area contributed by atoms with Gasteiger partial charge in [0.15, 0.2) is 0 Å². The minimum absolute atomic E-state index is 0.355. The predicted octanol–water partition coefficient (Wildman–Crippen LogP) is 4.02. The van der Waals surface area contributed by atoms with E-state index in [9.17, 15) is 0 Å². The Hall–Kier alpha value is -0.430. The zero-order valence-corrected chi connectivity index (χ0v) is 9.35. The van der Waals surface area contributed by atoms with Crippen LogP contribution >= 0.6 is 12.6 Å². The van der Waals surface area contributed by atoms with Crippen LogP contribution < -0.4 is 0 Å². The van der Waals surface area contributed by atoms with Crippen LogP contribution in [-0.2, 0) is 6.42 Å². The van der Waals surface area contributed by atoms with Crippen molar-refractivity contribution < 1.29 is 0 Å². The summed E-state index contributed by atoms with van der Waals surface area (Å²) in [6.45, 7) is 4.36. The van der Waals surface area contributed by atoms with Crippen LogP contribution in [0.3, 0.4) is 0 Å². The van der Waals surface area contributed by atoms with Crippen molar-refractivity contribution in [3.05, 3.63) is 35.4 Å². The van der Waals surface area contributed by atoms with E-state index < -0.39 is 0 Å². The first-order valence-corrected chi connectivity index (χ1v) is 5.53. The molecule has 0 spiro atoms. The van der Waals surface area contributed by atoms with Crippen LogP contribution in [0.25, 0.3) is 0 Å². The van der Waals surface area contributed by atoms with Crippen molar-refractivity contribution in [2.24, 2.45) is 0 Å². The molecule has 1 rings (SSSR count). The van der Waals surface area contributed by atoms with Crippen LogP contribution in [0.2, 0.25) is 0 Å². The van der Waals surface area contributed by atoms with E-state index in [0.29, 0.717) is 5.25 Å². The van der Waals surface area contributed by atoms with Crippen molar-refractivity contribution in [1.29, 1.82) is 0 Å². The second-order valence-electron chi connectivity index (χ2n) is 3.48. The average molecular weight is 194 g/mol. The largest absolute Gasteiger partial charge is 0.171 e. The molecule has 1 unspecified atom stereocenters. The molecule has 72 valence electrons. The second-order valence-corrected chi connectivity index (χ2v) is 4.25. The molecule has 1 heteroatoms. The molecule has 0 bridgehead atoms. The minimum Gasteiger partial charge on any atom is -0.171 e. The van der Waals surface area contributed by atoms with E-state index in [2.05, 4.69) is 50.7 Å². The van der Waals surface area contributed by atoms with E-state index in [1.165, 1.54) is 30.4 Å². The fourth-order valence-corrected chi connectivity index (χ4v) is 1.79. The zero-order valence-electron chi connectivity index (χ0n) is 8.46. The fourth-order valence-electron chi connectivity index (χ4n) is 1.54. The SMILES string of the molecule is CCCCc1ccccc1C(C)S. The summed E-state index contributed by atoms with van der Waals surface area (Å²) < 4.78 is 0. The smallest absolute Gasteiger partial charge is 0.0241 e. The van der Waals surface area contributed by atoms with Gasteiger partial charge in [0.2, 0.25) is 0 Å². The van der Waals surface area contributed by atoms with E-state index in [0.717, 1.165) is 0 Å². The van der Waals surface area contributed by atoms with Gasteiger partial charge in [0, 0.05) is 5.25 Å². The van der Waals surface area contributed by atoms with Gasteiger partial charge < -0.3 is 0 Å². The van der Waals surface area contributed by atoms with Crippen molar-refractivity contribution in [3.8, 4) is 0 Å². The van der Waals surface area contributed by atoms with Gasteiger partial charge in [-0.1, -0.05) is 37.6 Å². The molecule has 0 heterocycles. The fraction of sp³-hybridized carbons (Fsp3) is 0.500. The molecular formula is C12H18S. The van der Waals surface area contributed by atoms with Crippen molar-refractivity contribution in [1.82, 2.24) is 0 Å². The normalized spacial score (nSPS) is 12.8. The molecule has 1 aromatic rings. The van der Waals surface area contributed by atoms with Gasteiger partial charge in [0.1, 0.15) is 0 Å². The standard InChI is InChI=1S/C12H18S/c1-3-4-7-11-8-5-6-9-12(11)10(2)13/h5-6,8-10,13H,3-4,7H2,1-2H3. The number of hydrogen-bond acceptors (Lipinski definition) is 1. The van der Waals surface area contributed by atoms with Crippen LogP contribution in [0.4, 0.5) is 0 Å². The Morgan fingerprint density at radius 3 is 2.62 bits per heavy atom. The van der Waals surface area contributed by atoms with E-state index in [-0.39, 0.29) is 0 Å². The summed E-state index contributed by atoms with van der Waals surface area (Å²) >= 11 is 4.48. The van der Waals surface area contributed by atoms with Crippen LogP contribution in [0, 0.1) is 0 Å². The average Bonchev–Trinajstić information content (AvgIpc) is 2.15. The number of rotatable bonds is 4. The third-order valence-electron chi connectivity index (χ3n) is 2.30. The topological polar surface area (TPSA) is 0 Å². The van der Waals surface area contributed by atoms with Crippen molar-refractivity contribution in [3.63, 3.8) is 0 Å². The number of benzene rings is 1. The first kappa shape index (κ1) is 10.6. The Kier molecular flexibility index (Phi) is 4.37. The van der Waals surface area contributed by atoms with Crippen molar-refractivity contribution in [2.75, 3.05) is 0 Å². The van der Waals surface area contributed by atoms with Gasteiger partial charge >= 0.3 is 0 Å². The van der Waals surface area contributed by atoms with E-state index >= 15 is 0 Å². The summed E-state index contributed by atoms with van der Waals surface area (Å²) in [5, 5.41) is 0.355. The van der Waals surface area contributed by atoms with Crippen LogP contribution in [0.1, 0.15) is 43.1 Å². The highest BCUT2D eigenvalue weighted by Gasteiger charge is 2.04. The van der Waals surface area contributed by atoms with Gasteiger partial charge in [0.05, 0.1) is 0 Å². The summed E-state index contributed by atoms with van der Waals surface area (Å²) in [4.78, 5) is 0. The monoisotopic (exact) mass is 194 g/mol. The van der Waals surface area contributed by atoms with Crippen LogP contribution in [-0.4, -0.2) is 0 Å². The summed E-state index contributed by atoms with van der Waals surface area (Å²) in [5.74, 6) is 0. The van der Waals surface area contributed by atoms with Gasteiger partial charge in [-0.05, 0) is 30.9 Å². The molecule has 0 aliphatic rings. The first-order chi connectivity index (χ1) is 6.25. The minimum atomic E-state index is 0.355. The van der Waals surface area contributed by atoms with Crippen LogP contribution in [0.5, 0.6) is 0 Å². The molecule has 0 nitrogen and oxygen atoms in total. The zero-order chi connectivity index (χ0) is 9.68. The lowest BCUT2D eigenvalue weighted by Gasteiger charge is -2.11.